The number of rotatable bonds is 5. The van der Waals surface area contributed by atoms with Gasteiger partial charge < -0.3 is 9.73 Å². The summed E-state index contributed by atoms with van der Waals surface area (Å²) in [6.45, 7) is 8.15. The first-order valence-corrected chi connectivity index (χ1v) is 6.01. The van der Waals surface area contributed by atoms with E-state index >= 15 is 0 Å². The third-order valence-corrected chi connectivity index (χ3v) is 3.11. The summed E-state index contributed by atoms with van der Waals surface area (Å²) in [7, 11) is 0. The molecule has 1 saturated heterocycles. The largest absolute Gasteiger partial charge is 0.468 e. The van der Waals surface area contributed by atoms with E-state index < -0.39 is 0 Å². The lowest BCUT2D eigenvalue weighted by molar-refractivity contribution is 0.147. The standard InChI is InChI=1S/C13H20N2O/c1-2-3-5-12(13-6-4-11-16-13)15-9-7-14-8-10-15/h2,4,6,11-12,14H,1,3,5,7-10H2/t12-/m0/s1. The van der Waals surface area contributed by atoms with E-state index in [9.17, 15) is 0 Å². The smallest absolute Gasteiger partial charge is 0.120 e. The van der Waals surface area contributed by atoms with Crippen LogP contribution < -0.4 is 5.32 Å². The molecule has 16 heavy (non-hydrogen) atoms. The molecule has 88 valence electrons. The molecule has 0 bridgehead atoms. The first-order chi connectivity index (χ1) is 7.92. The number of nitrogens with one attached hydrogen (secondary N) is 1. The van der Waals surface area contributed by atoms with Crippen LogP contribution in [0.15, 0.2) is 35.5 Å². The van der Waals surface area contributed by atoms with Gasteiger partial charge in [0.15, 0.2) is 0 Å². The molecule has 1 aliphatic heterocycles. The van der Waals surface area contributed by atoms with Crippen molar-refractivity contribution in [3.63, 3.8) is 0 Å². The Labute approximate surface area is 97.1 Å². The summed E-state index contributed by atoms with van der Waals surface area (Å²) in [6.07, 6.45) is 5.88. The molecular formula is C13H20N2O. The summed E-state index contributed by atoms with van der Waals surface area (Å²) < 4.78 is 5.55. The van der Waals surface area contributed by atoms with Crippen molar-refractivity contribution in [3.05, 3.63) is 36.8 Å². The lowest BCUT2D eigenvalue weighted by Crippen LogP contribution is -2.45. The molecule has 2 rings (SSSR count). The van der Waals surface area contributed by atoms with Gasteiger partial charge in [-0.1, -0.05) is 6.08 Å². The van der Waals surface area contributed by atoms with Gasteiger partial charge >= 0.3 is 0 Å². The molecule has 1 aromatic rings. The summed E-state index contributed by atoms with van der Waals surface area (Å²) in [5, 5.41) is 3.38. The average molecular weight is 220 g/mol. The third-order valence-electron chi connectivity index (χ3n) is 3.11. The van der Waals surface area contributed by atoms with Gasteiger partial charge in [0.2, 0.25) is 0 Å². The third kappa shape index (κ3) is 2.74. The van der Waals surface area contributed by atoms with Crippen LogP contribution in [0, 0.1) is 0 Å². The maximum atomic E-state index is 5.55. The first kappa shape index (κ1) is 11.4. The molecule has 0 aliphatic carbocycles. The minimum Gasteiger partial charge on any atom is -0.468 e. The summed E-state index contributed by atoms with van der Waals surface area (Å²) in [6, 6.07) is 4.46. The van der Waals surface area contributed by atoms with Gasteiger partial charge in [-0.2, -0.15) is 0 Å². The zero-order chi connectivity index (χ0) is 11.2. The van der Waals surface area contributed by atoms with Crippen molar-refractivity contribution in [2.45, 2.75) is 18.9 Å². The van der Waals surface area contributed by atoms with E-state index in [0.717, 1.165) is 44.8 Å². The van der Waals surface area contributed by atoms with Crippen LogP contribution in [-0.2, 0) is 0 Å². The number of hydrogen-bond acceptors (Lipinski definition) is 3. The van der Waals surface area contributed by atoms with Gasteiger partial charge in [-0.25, -0.2) is 0 Å². The lowest BCUT2D eigenvalue weighted by atomic mass is 10.1. The Morgan fingerprint density at radius 3 is 2.94 bits per heavy atom. The molecule has 1 N–H and O–H groups in total. The Morgan fingerprint density at radius 2 is 2.31 bits per heavy atom. The SMILES string of the molecule is C=CCC[C@@H](c1ccco1)N1CCNCC1. The van der Waals surface area contributed by atoms with E-state index in [4.69, 9.17) is 4.42 Å². The van der Waals surface area contributed by atoms with Crippen LogP contribution in [-0.4, -0.2) is 31.1 Å². The minimum absolute atomic E-state index is 0.412. The predicted octanol–water partition coefficient (Wildman–Crippen LogP) is 2.19. The lowest BCUT2D eigenvalue weighted by Gasteiger charge is -2.33. The zero-order valence-electron chi connectivity index (χ0n) is 9.69. The summed E-state index contributed by atoms with van der Waals surface area (Å²) in [5.41, 5.74) is 0. The summed E-state index contributed by atoms with van der Waals surface area (Å²) >= 11 is 0. The van der Waals surface area contributed by atoms with E-state index in [0.29, 0.717) is 6.04 Å². The number of nitrogens with zero attached hydrogens (tertiary/aromatic N) is 1. The van der Waals surface area contributed by atoms with Gasteiger partial charge in [-0.15, -0.1) is 6.58 Å². The quantitative estimate of drug-likeness (QED) is 0.771. The van der Waals surface area contributed by atoms with E-state index in [-0.39, 0.29) is 0 Å². The summed E-state index contributed by atoms with van der Waals surface area (Å²) in [5.74, 6) is 1.09. The van der Waals surface area contributed by atoms with Crippen molar-refractivity contribution in [2.24, 2.45) is 0 Å². The molecule has 1 aromatic heterocycles. The van der Waals surface area contributed by atoms with Crippen molar-refractivity contribution in [1.82, 2.24) is 10.2 Å². The molecule has 0 aromatic carbocycles. The average Bonchev–Trinajstić information content (AvgIpc) is 2.85. The molecule has 0 radical (unpaired) electrons. The maximum Gasteiger partial charge on any atom is 0.120 e. The van der Waals surface area contributed by atoms with Crippen LogP contribution in [0.3, 0.4) is 0 Å². The fourth-order valence-corrected chi connectivity index (χ4v) is 2.26. The van der Waals surface area contributed by atoms with Crippen molar-refractivity contribution in [1.29, 1.82) is 0 Å². The maximum absolute atomic E-state index is 5.55. The topological polar surface area (TPSA) is 28.4 Å². The van der Waals surface area contributed by atoms with Crippen molar-refractivity contribution < 1.29 is 4.42 Å². The highest BCUT2D eigenvalue weighted by atomic mass is 16.3. The Bertz CT molecular complexity index is 302. The number of hydrogen-bond donors (Lipinski definition) is 1. The fraction of sp³-hybridized carbons (Fsp3) is 0.538. The van der Waals surface area contributed by atoms with Gasteiger partial charge in [0.1, 0.15) is 5.76 Å². The highest BCUT2D eigenvalue weighted by Crippen LogP contribution is 2.26. The zero-order valence-corrected chi connectivity index (χ0v) is 9.69. The fourth-order valence-electron chi connectivity index (χ4n) is 2.26. The molecule has 1 atom stereocenters. The van der Waals surface area contributed by atoms with Crippen LogP contribution in [0.1, 0.15) is 24.6 Å². The molecule has 0 amide bonds. The summed E-state index contributed by atoms with van der Waals surface area (Å²) in [4.78, 5) is 2.50. The van der Waals surface area contributed by atoms with Crippen LogP contribution in [0.4, 0.5) is 0 Å². The molecule has 0 unspecified atom stereocenters. The van der Waals surface area contributed by atoms with Gasteiger partial charge in [0.25, 0.3) is 0 Å². The molecule has 1 aliphatic rings. The Hall–Kier alpha value is -1.06. The Balaban J connectivity index is 2.03. The van der Waals surface area contributed by atoms with Crippen LogP contribution in [0.2, 0.25) is 0 Å². The van der Waals surface area contributed by atoms with E-state index in [1.54, 1.807) is 6.26 Å². The highest BCUT2D eigenvalue weighted by Gasteiger charge is 2.23. The first-order valence-electron chi connectivity index (χ1n) is 6.01. The molecular weight excluding hydrogens is 200 g/mol. The second kappa shape index (κ2) is 5.87. The van der Waals surface area contributed by atoms with Crippen LogP contribution in [0.5, 0.6) is 0 Å². The monoisotopic (exact) mass is 220 g/mol. The number of piperazine rings is 1. The van der Waals surface area contributed by atoms with E-state index in [1.165, 1.54) is 0 Å². The molecule has 0 saturated carbocycles. The second-order valence-electron chi connectivity index (χ2n) is 4.18. The van der Waals surface area contributed by atoms with Gasteiger partial charge in [-0.05, 0) is 25.0 Å². The Kier molecular flexibility index (Phi) is 4.19. The molecule has 3 nitrogen and oxygen atoms in total. The van der Waals surface area contributed by atoms with Crippen LogP contribution >= 0.6 is 0 Å². The van der Waals surface area contributed by atoms with Gasteiger partial charge in [0.05, 0.1) is 12.3 Å². The second-order valence-corrected chi connectivity index (χ2v) is 4.18. The normalized spacial score (nSPS) is 19.5. The number of furan rings is 1. The molecule has 2 heterocycles. The predicted molar refractivity (Wildman–Crippen MR) is 65.3 cm³/mol. The minimum atomic E-state index is 0.412. The van der Waals surface area contributed by atoms with Crippen molar-refractivity contribution in [3.8, 4) is 0 Å². The molecule has 3 heteroatoms. The highest BCUT2D eigenvalue weighted by molar-refractivity contribution is 5.05. The van der Waals surface area contributed by atoms with Crippen molar-refractivity contribution in [2.75, 3.05) is 26.2 Å². The molecule has 0 spiro atoms. The van der Waals surface area contributed by atoms with Crippen molar-refractivity contribution >= 4 is 0 Å². The number of allylic oxidation sites excluding steroid dienone is 1. The Morgan fingerprint density at radius 1 is 1.50 bits per heavy atom. The molecule has 1 fully saturated rings. The van der Waals surface area contributed by atoms with E-state index in [1.807, 2.05) is 12.1 Å². The van der Waals surface area contributed by atoms with Crippen LogP contribution in [0.25, 0.3) is 0 Å². The van der Waals surface area contributed by atoms with Gasteiger partial charge in [0, 0.05) is 26.2 Å². The van der Waals surface area contributed by atoms with Gasteiger partial charge in [-0.3, -0.25) is 4.90 Å². The van der Waals surface area contributed by atoms with E-state index in [2.05, 4.69) is 22.9 Å².